The molecule has 0 aliphatic carbocycles. The molecule has 32 heavy (non-hydrogen) atoms. The number of piperazine rings is 1. The summed E-state index contributed by atoms with van der Waals surface area (Å²) in [7, 11) is 0. The van der Waals surface area contributed by atoms with Crippen LogP contribution in [0.2, 0.25) is 0 Å². The molecule has 8 heteroatoms. The number of anilines is 1. The van der Waals surface area contributed by atoms with E-state index in [-0.39, 0.29) is 29.2 Å². The smallest absolute Gasteiger partial charge is 0.338 e. The number of nitrogens with zero attached hydrogens (tertiary/aromatic N) is 3. The summed E-state index contributed by atoms with van der Waals surface area (Å²) in [5.74, 6) is -0.632. The van der Waals surface area contributed by atoms with Gasteiger partial charge in [-0.15, -0.1) is 0 Å². The lowest BCUT2D eigenvalue weighted by molar-refractivity contribution is -0.384. The van der Waals surface area contributed by atoms with Crippen LogP contribution in [-0.2, 0) is 10.2 Å². The van der Waals surface area contributed by atoms with E-state index in [0.29, 0.717) is 37.4 Å². The Morgan fingerprint density at radius 2 is 1.59 bits per heavy atom. The second-order valence-electron chi connectivity index (χ2n) is 8.79. The Bertz CT molecular complexity index is 1000. The van der Waals surface area contributed by atoms with Gasteiger partial charge in [-0.1, -0.05) is 32.9 Å². The molecule has 0 atom stereocenters. The molecule has 1 fully saturated rings. The number of hydrogen-bond acceptors (Lipinski definition) is 6. The molecule has 1 aliphatic rings. The van der Waals surface area contributed by atoms with Crippen LogP contribution in [0.4, 0.5) is 11.4 Å². The van der Waals surface area contributed by atoms with Crippen LogP contribution >= 0.6 is 0 Å². The van der Waals surface area contributed by atoms with Gasteiger partial charge in [-0.2, -0.15) is 0 Å². The monoisotopic (exact) mass is 439 g/mol. The number of nitro benzene ring substituents is 1. The second kappa shape index (κ2) is 9.38. The normalized spacial score (nSPS) is 14.2. The Hall–Kier alpha value is -3.42. The van der Waals surface area contributed by atoms with E-state index in [1.807, 2.05) is 29.2 Å². The summed E-state index contributed by atoms with van der Waals surface area (Å²) in [6.45, 7) is 10.1. The van der Waals surface area contributed by atoms with Crippen LogP contribution in [0.1, 0.15) is 54.0 Å². The number of ether oxygens (including phenoxy) is 1. The first-order valence-corrected chi connectivity index (χ1v) is 10.7. The van der Waals surface area contributed by atoms with E-state index in [2.05, 4.69) is 20.8 Å². The average Bonchev–Trinajstić information content (AvgIpc) is 2.78. The zero-order valence-corrected chi connectivity index (χ0v) is 19.0. The predicted octanol–water partition coefficient (Wildman–Crippen LogP) is 4.03. The van der Waals surface area contributed by atoms with Gasteiger partial charge in [0.05, 0.1) is 17.1 Å². The summed E-state index contributed by atoms with van der Waals surface area (Å²) in [6, 6.07) is 12.0. The quantitative estimate of drug-likeness (QED) is 0.397. The highest BCUT2D eigenvalue weighted by atomic mass is 16.6. The molecule has 8 nitrogen and oxygen atoms in total. The van der Waals surface area contributed by atoms with Crippen LogP contribution in [0.3, 0.4) is 0 Å². The lowest BCUT2D eigenvalue weighted by Gasteiger charge is -2.36. The predicted molar refractivity (Wildman–Crippen MR) is 122 cm³/mol. The van der Waals surface area contributed by atoms with Gasteiger partial charge in [0, 0.05) is 37.8 Å². The third-order valence-electron chi connectivity index (χ3n) is 5.59. The summed E-state index contributed by atoms with van der Waals surface area (Å²) < 4.78 is 4.94. The van der Waals surface area contributed by atoms with Crippen molar-refractivity contribution in [2.75, 3.05) is 37.7 Å². The van der Waals surface area contributed by atoms with Gasteiger partial charge >= 0.3 is 5.97 Å². The highest BCUT2D eigenvalue weighted by molar-refractivity contribution is 5.94. The summed E-state index contributed by atoms with van der Waals surface area (Å²) >= 11 is 0. The van der Waals surface area contributed by atoms with E-state index in [4.69, 9.17) is 4.74 Å². The Labute approximate surface area is 187 Å². The fourth-order valence-corrected chi connectivity index (χ4v) is 3.72. The number of amides is 1. The summed E-state index contributed by atoms with van der Waals surface area (Å²) in [6.07, 6.45) is 0. The zero-order chi connectivity index (χ0) is 23.5. The van der Waals surface area contributed by atoms with Gasteiger partial charge in [-0.25, -0.2) is 4.79 Å². The average molecular weight is 440 g/mol. The first-order chi connectivity index (χ1) is 15.1. The molecule has 170 valence electrons. The molecular weight excluding hydrogens is 410 g/mol. The Kier molecular flexibility index (Phi) is 6.81. The first kappa shape index (κ1) is 23.2. The molecule has 0 spiro atoms. The minimum Gasteiger partial charge on any atom is -0.462 e. The number of carbonyl (C=O) groups excluding carboxylic acids is 2. The van der Waals surface area contributed by atoms with Gasteiger partial charge in [0.15, 0.2) is 0 Å². The number of hydrogen-bond donors (Lipinski definition) is 0. The number of carbonyl (C=O) groups is 2. The molecule has 2 aromatic rings. The lowest BCUT2D eigenvalue weighted by atomic mass is 9.86. The minimum absolute atomic E-state index is 0.0186. The maximum Gasteiger partial charge on any atom is 0.338 e. The minimum atomic E-state index is -0.588. The molecule has 1 aliphatic heterocycles. The summed E-state index contributed by atoms with van der Waals surface area (Å²) in [5, 5.41) is 11.6. The molecule has 1 heterocycles. The maximum atomic E-state index is 12.9. The first-order valence-electron chi connectivity index (χ1n) is 10.7. The van der Waals surface area contributed by atoms with Gasteiger partial charge in [-0.3, -0.25) is 14.9 Å². The summed E-state index contributed by atoms with van der Waals surface area (Å²) in [4.78, 5) is 39.6. The molecule has 0 aromatic heterocycles. The van der Waals surface area contributed by atoms with Crippen molar-refractivity contribution in [1.82, 2.24) is 4.90 Å². The molecule has 3 rings (SSSR count). The molecular formula is C24H29N3O5. The molecule has 2 aromatic carbocycles. The summed E-state index contributed by atoms with van der Waals surface area (Å²) in [5.41, 5.74) is 2.26. The van der Waals surface area contributed by atoms with Gasteiger partial charge < -0.3 is 14.5 Å². The van der Waals surface area contributed by atoms with E-state index in [1.165, 1.54) is 12.1 Å². The van der Waals surface area contributed by atoms with Gasteiger partial charge in [0.1, 0.15) is 5.69 Å². The van der Waals surface area contributed by atoms with Crippen LogP contribution < -0.4 is 4.90 Å². The van der Waals surface area contributed by atoms with Crippen LogP contribution in [0, 0.1) is 10.1 Å². The van der Waals surface area contributed by atoms with E-state index in [0.717, 1.165) is 5.56 Å². The number of nitro groups is 1. The fourth-order valence-electron chi connectivity index (χ4n) is 3.72. The Balaban J connectivity index is 1.70. The van der Waals surface area contributed by atoms with Gasteiger partial charge in [-0.05, 0) is 42.2 Å². The third kappa shape index (κ3) is 5.07. The Morgan fingerprint density at radius 1 is 1.00 bits per heavy atom. The van der Waals surface area contributed by atoms with Crippen molar-refractivity contribution in [3.63, 3.8) is 0 Å². The lowest BCUT2D eigenvalue weighted by Crippen LogP contribution is -2.49. The molecule has 1 saturated heterocycles. The van der Waals surface area contributed by atoms with Gasteiger partial charge in [0.2, 0.25) is 0 Å². The van der Waals surface area contributed by atoms with Crippen molar-refractivity contribution in [3.05, 3.63) is 69.3 Å². The van der Waals surface area contributed by atoms with Crippen molar-refractivity contribution in [1.29, 1.82) is 0 Å². The Morgan fingerprint density at radius 3 is 2.12 bits per heavy atom. The molecule has 1 amide bonds. The molecule has 0 bridgehead atoms. The van der Waals surface area contributed by atoms with Crippen molar-refractivity contribution < 1.29 is 19.2 Å². The number of rotatable bonds is 5. The van der Waals surface area contributed by atoms with Crippen LogP contribution in [0.25, 0.3) is 0 Å². The highest BCUT2D eigenvalue weighted by Gasteiger charge is 2.27. The molecule has 0 radical (unpaired) electrons. The van der Waals surface area contributed by atoms with Crippen LogP contribution in [-0.4, -0.2) is 54.5 Å². The third-order valence-corrected chi connectivity index (χ3v) is 5.59. The number of esters is 1. The van der Waals surface area contributed by atoms with Crippen molar-refractivity contribution >= 4 is 23.3 Å². The highest BCUT2D eigenvalue weighted by Crippen LogP contribution is 2.31. The van der Waals surface area contributed by atoms with Crippen LogP contribution in [0.15, 0.2) is 42.5 Å². The zero-order valence-electron chi connectivity index (χ0n) is 19.0. The van der Waals surface area contributed by atoms with Crippen molar-refractivity contribution in [3.8, 4) is 0 Å². The SMILES string of the molecule is CCOC(=O)c1ccc(N2CCN(C(=O)c3ccc(C(C)(C)C)cc3)CC2)c([N+](=O)[O-])c1. The van der Waals surface area contributed by atoms with Crippen molar-refractivity contribution in [2.45, 2.75) is 33.1 Å². The molecule has 0 unspecified atom stereocenters. The van der Waals surface area contributed by atoms with Crippen LogP contribution in [0.5, 0.6) is 0 Å². The molecule has 0 saturated carbocycles. The maximum absolute atomic E-state index is 12.9. The molecule has 0 N–H and O–H groups in total. The second-order valence-corrected chi connectivity index (χ2v) is 8.79. The van der Waals surface area contributed by atoms with Crippen molar-refractivity contribution in [2.24, 2.45) is 0 Å². The van der Waals surface area contributed by atoms with E-state index < -0.39 is 10.9 Å². The fraction of sp³-hybridized carbons (Fsp3) is 0.417. The number of benzene rings is 2. The van der Waals surface area contributed by atoms with E-state index in [9.17, 15) is 19.7 Å². The van der Waals surface area contributed by atoms with E-state index >= 15 is 0 Å². The topological polar surface area (TPSA) is 93.0 Å². The largest absolute Gasteiger partial charge is 0.462 e. The standard InChI is InChI=1S/C24H29N3O5/c1-5-32-23(29)18-8-11-20(21(16-18)27(30)31)25-12-14-26(15-13-25)22(28)17-6-9-19(10-7-17)24(2,3)4/h6-11,16H,5,12-15H2,1-4H3. The van der Waals surface area contributed by atoms with E-state index in [1.54, 1.807) is 17.9 Å². The van der Waals surface area contributed by atoms with Gasteiger partial charge in [0.25, 0.3) is 11.6 Å².